The Morgan fingerprint density at radius 2 is 1.76 bits per heavy atom. The summed E-state index contributed by atoms with van der Waals surface area (Å²) in [6.07, 6.45) is -7.19. The Hall–Kier alpha value is 0.410. The van der Waals surface area contributed by atoms with Gasteiger partial charge < -0.3 is 39.2 Å². The van der Waals surface area contributed by atoms with Crippen molar-refractivity contribution in [3.05, 3.63) is 0 Å². The number of ether oxygens (including phenoxy) is 3. The van der Waals surface area contributed by atoms with Gasteiger partial charge in [0, 0.05) is 38.4 Å². The molecule has 1 aliphatic rings. The average Bonchev–Trinajstić information content (AvgIpc) is 2.68. The monoisotopic (exact) mass is 484 g/mol. The van der Waals surface area contributed by atoms with Crippen LogP contribution in [0.2, 0.25) is 0 Å². The molecule has 0 radical (unpaired) electrons. The molecular formula is C15H31Cl2N2O9P. The molecule has 0 bridgehead atoms. The summed E-state index contributed by atoms with van der Waals surface area (Å²) in [4.78, 5) is 0. The molecule has 11 nitrogen and oxygen atoms in total. The standard InChI is InChI=1S/C15H31Cl2N2O9P/c1-15(25-2,3-8-26-29(18,24)19(6-4-16)7-5-17)28-14-13(23)12(22)11(21)10(9-20)27-14/h10-14,20-23H,3-9H2,1-2H3,(H2,18,24). The van der Waals surface area contributed by atoms with E-state index in [0.29, 0.717) is 0 Å². The lowest BCUT2D eigenvalue weighted by Gasteiger charge is -2.43. The molecule has 0 saturated carbocycles. The van der Waals surface area contributed by atoms with Crippen LogP contribution in [0.15, 0.2) is 0 Å². The van der Waals surface area contributed by atoms with Crippen LogP contribution in [-0.2, 0) is 23.3 Å². The maximum Gasteiger partial charge on any atom is 0.340 e. The molecule has 1 aliphatic heterocycles. The number of aliphatic hydroxyl groups is 4. The summed E-state index contributed by atoms with van der Waals surface area (Å²) in [7, 11) is -2.32. The van der Waals surface area contributed by atoms with E-state index >= 15 is 0 Å². The quantitative estimate of drug-likeness (QED) is 0.129. The van der Waals surface area contributed by atoms with Crippen LogP contribution in [0.1, 0.15) is 13.3 Å². The number of nitrogens with zero attached hydrogens (tertiary/aromatic N) is 1. The topological polar surface area (TPSA) is 164 Å². The minimum Gasteiger partial charge on any atom is -0.394 e. The third kappa shape index (κ3) is 7.80. The summed E-state index contributed by atoms with van der Waals surface area (Å²) in [6.45, 7) is 1.23. The van der Waals surface area contributed by atoms with Gasteiger partial charge in [-0.05, 0) is 6.92 Å². The van der Waals surface area contributed by atoms with Crippen molar-refractivity contribution in [1.29, 1.82) is 0 Å². The number of halogens is 2. The lowest BCUT2D eigenvalue weighted by molar-refractivity contribution is -0.363. The molecule has 1 fully saturated rings. The number of aliphatic hydroxyl groups excluding tert-OH is 4. The van der Waals surface area contributed by atoms with Gasteiger partial charge in [-0.25, -0.2) is 10.2 Å². The van der Waals surface area contributed by atoms with Gasteiger partial charge in [-0.1, -0.05) is 0 Å². The molecule has 0 aromatic rings. The second-order valence-corrected chi connectivity index (χ2v) is 9.34. The molecule has 0 aliphatic carbocycles. The van der Waals surface area contributed by atoms with Crippen molar-refractivity contribution in [1.82, 2.24) is 4.67 Å². The van der Waals surface area contributed by atoms with Gasteiger partial charge >= 0.3 is 7.67 Å². The third-order valence-electron chi connectivity index (χ3n) is 4.56. The molecule has 29 heavy (non-hydrogen) atoms. The zero-order chi connectivity index (χ0) is 22.2. The summed E-state index contributed by atoms with van der Waals surface area (Å²) in [5, 5.41) is 39.1. The van der Waals surface area contributed by atoms with Crippen LogP contribution in [0.4, 0.5) is 0 Å². The van der Waals surface area contributed by atoms with Gasteiger partial charge in [0.2, 0.25) is 0 Å². The van der Waals surface area contributed by atoms with Crippen LogP contribution in [0.5, 0.6) is 0 Å². The van der Waals surface area contributed by atoms with Crippen molar-refractivity contribution in [2.45, 2.75) is 49.8 Å². The molecule has 1 rings (SSSR count). The Morgan fingerprint density at radius 1 is 1.17 bits per heavy atom. The smallest absolute Gasteiger partial charge is 0.340 e. The molecule has 0 aromatic carbocycles. The van der Waals surface area contributed by atoms with Crippen LogP contribution in [-0.4, -0.2) is 107 Å². The Morgan fingerprint density at radius 3 is 2.24 bits per heavy atom. The van der Waals surface area contributed by atoms with Crippen molar-refractivity contribution in [2.75, 3.05) is 45.2 Å². The van der Waals surface area contributed by atoms with Crippen molar-refractivity contribution < 1.29 is 43.7 Å². The summed E-state index contributed by atoms with van der Waals surface area (Å²) in [6, 6.07) is 0. The van der Waals surface area contributed by atoms with Crippen LogP contribution < -0.4 is 5.50 Å². The van der Waals surface area contributed by atoms with E-state index in [9.17, 15) is 25.0 Å². The number of alkyl halides is 2. The largest absolute Gasteiger partial charge is 0.394 e. The normalized spacial score (nSPS) is 32.1. The SMILES string of the molecule is COC(C)(CCOP(N)(=O)N(CCCl)CCCl)OC1OC(CO)C(O)C(O)C1O. The van der Waals surface area contributed by atoms with Crippen LogP contribution in [0, 0.1) is 0 Å². The molecule has 174 valence electrons. The van der Waals surface area contributed by atoms with Gasteiger partial charge in [-0.3, -0.25) is 4.57 Å². The Balaban J connectivity index is 2.72. The van der Waals surface area contributed by atoms with Crippen LogP contribution in [0.25, 0.3) is 0 Å². The van der Waals surface area contributed by atoms with E-state index in [1.807, 2.05) is 0 Å². The fourth-order valence-corrected chi connectivity index (χ4v) is 4.57. The van der Waals surface area contributed by atoms with Gasteiger partial charge in [0.1, 0.15) is 24.4 Å². The van der Waals surface area contributed by atoms with Crippen molar-refractivity contribution in [3.8, 4) is 0 Å². The fourth-order valence-electron chi connectivity index (χ4n) is 2.65. The number of hydrogen-bond acceptors (Lipinski definition) is 9. The highest BCUT2D eigenvalue weighted by atomic mass is 35.5. The summed E-state index contributed by atoms with van der Waals surface area (Å²) < 4.78 is 35.5. The Bertz CT molecular complexity index is 530. The van der Waals surface area contributed by atoms with Crippen molar-refractivity contribution >= 4 is 30.9 Å². The zero-order valence-corrected chi connectivity index (χ0v) is 18.8. The van der Waals surface area contributed by atoms with Crippen molar-refractivity contribution in [3.63, 3.8) is 0 Å². The molecule has 0 aromatic heterocycles. The second-order valence-electron chi connectivity index (χ2n) is 6.63. The van der Waals surface area contributed by atoms with E-state index < -0.39 is 50.8 Å². The highest BCUT2D eigenvalue weighted by Crippen LogP contribution is 2.43. The molecule has 0 spiro atoms. The van der Waals surface area contributed by atoms with E-state index in [1.165, 1.54) is 18.7 Å². The highest BCUT2D eigenvalue weighted by Gasteiger charge is 2.46. The third-order valence-corrected chi connectivity index (χ3v) is 6.64. The Kier molecular flexibility index (Phi) is 11.8. The highest BCUT2D eigenvalue weighted by molar-refractivity contribution is 7.53. The van der Waals surface area contributed by atoms with Gasteiger partial charge in [0.25, 0.3) is 0 Å². The molecule has 1 saturated heterocycles. The molecule has 14 heteroatoms. The van der Waals surface area contributed by atoms with E-state index in [2.05, 4.69) is 0 Å². The van der Waals surface area contributed by atoms with Gasteiger partial charge in [0.05, 0.1) is 13.2 Å². The first-order chi connectivity index (χ1) is 13.5. The summed E-state index contributed by atoms with van der Waals surface area (Å²) in [5.41, 5.74) is 5.79. The Labute approximate surface area is 180 Å². The maximum absolute atomic E-state index is 12.6. The number of hydrogen-bond donors (Lipinski definition) is 5. The maximum atomic E-state index is 12.6. The number of methoxy groups -OCH3 is 1. The van der Waals surface area contributed by atoms with E-state index in [0.717, 1.165) is 0 Å². The van der Waals surface area contributed by atoms with Gasteiger partial charge in [-0.15, -0.1) is 23.2 Å². The lowest BCUT2D eigenvalue weighted by Crippen LogP contribution is -2.60. The number of nitrogens with two attached hydrogens (primary N) is 1. The minimum absolute atomic E-state index is 0.0231. The van der Waals surface area contributed by atoms with E-state index in [-0.39, 0.29) is 37.9 Å². The molecule has 0 amide bonds. The molecular weight excluding hydrogens is 454 g/mol. The first kappa shape index (κ1) is 27.4. The average molecular weight is 485 g/mol. The first-order valence-electron chi connectivity index (χ1n) is 8.99. The molecule has 7 atom stereocenters. The first-order valence-corrected chi connectivity index (χ1v) is 11.7. The predicted octanol–water partition coefficient (Wildman–Crippen LogP) is -0.581. The second kappa shape index (κ2) is 12.4. The van der Waals surface area contributed by atoms with E-state index in [4.69, 9.17) is 47.4 Å². The summed E-state index contributed by atoms with van der Waals surface area (Å²) >= 11 is 11.4. The van der Waals surface area contributed by atoms with Crippen LogP contribution >= 0.6 is 30.9 Å². The molecule has 7 unspecified atom stereocenters. The number of rotatable bonds is 13. The zero-order valence-electron chi connectivity index (χ0n) is 16.4. The van der Waals surface area contributed by atoms with E-state index in [1.54, 1.807) is 0 Å². The lowest BCUT2D eigenvalue weighted by atomic mass is 9.99. The van der Waals surface area contributed by atoms with Crippen LogP contribution in [0.3, 0.4) is 0 Å². The fraction of sp³-hybridized carbons (Fsp3) is 1.00. The van der Waals surface area contributed by atoms with Gasteiger partial charge in [-0.2, -0.15) is 0 Å². The van der Waals surface area contributed by atoms with Gasteiger partial charge in [0.15, 0.2) is 12.1 Å². The van der Waals surface area contributed by atoms with Crippen molar-refractivity contribution in [2.24, 2.45) is 5.50 Å². The minimum atomic E-state index is -3.65. The predicted molar refractivity (Wildman–Crippen MR) is 106 cm³/mol. The molecule has 6 N–H and O–H groups in total. The molecule has 1 heterocycles. The summed E-state index contributed by atoms with van der Waals surface area (Å²) in [5.74, 6) is -1.01.